The Hall–Kier alpha value is -3.58. The van der Waals surface area contributed by atoms with E-state index in [0.717, 1.165) is 16.9 Å². The number of ether oxygens (including phenoxy) is 1. The number of benzene rings is 2. The number of carbonyl (C=O) groups is 1. The molecule has 0 aliphatic carbocycles. The van der Waals surface area contributed by atoms with Gasteiger partial charge >= 0.3 is 0 Å². The Kier molecular flexibility index (Phi) is 6.04. The molecule has 0 radical (unpaired) electrons. The van der Waals surface area contributed by atoms with E-state index in [4.69, 9.17) is 20.9 Å². The van der Waals surface area contributed by atoms with E-state index in [0.29, 0.717) is 22.4 Å². The molecule has 158 valence electrons. The van der Waals surface area contributed by atoms with Crippen molar-refractivity contribution in [3.63, 3.8) is 0 Å². The molecule has 1 amide bonds. The second kappa shape index (κ2) is 9.06. The summed E-state index contributed by atoms with van der Waals surface area (Å²) in [6.45, 7) is 2.06. The molecule has 2 aromatic carbocycles. The zero-order valence-corrected chi connectivity index (χ0v) is 17.8. The SMILES string of the molecule is COc1ccc([C@@H](C)NC(=O)Cn2cccc2-c2nc(-c3cccc(Cl)c3)no2)cc1. The van der Waals surface area contributed by atoms with Gasteiger partial charge in [-0.1, -0.05) is 41.0 Å². The Labute approximate surface area is 184 Å². The van der Waals surface area contributed by atoms with Crippen molar-refractivity contribution in [2.24, 2.45) is 0 Å². The normalized spacial score (nSPS) is 11.8. The molecule has 31 heavy (non-hydrogen) atoms. The van der Waals surface area contributed by atoms with Gasteiger partial charge in [-0.3, -0.25) is 4.79 Å². The molecule has 0 bridgehead atoms. The molecule has 0 fully saturated rings. The van der Waals surface area contributed by atoms with Crippen LogP contribution in [0, 0.1) is 0 Å². The van der Waals surface area contributed by atoms with Crippen molar-refractivity contribution in [2.75, 3.05) is 7.11 Å². The van der Waals surface area contributed by atoms with E-state index in [1.54, 1.807) is 30.0 Å². The molecule has 1 atom stereocenters. The smallest absolute Gasteiger partial charge is 0.274 e. The zero-order chi connectivity index (χ0) is 21.8. The molecule has 4 rings (SSSR count). The maximum Gasteiger partial charge on any atom is 0.274 e. The van der Waals surface area contributed by atoms with Crippen LogP contribution >= 0.6 is 11.6 Å². The lowest BCUT2D eigenvalue weighted by Crippen LogP contribution is -2.30. The van der Waals surface area contributed by atoms with Crippen LogP contribution in [0.5, 0.6) is 5.75 Å². The van der Waals surface area contributed by atoms with E-state index < -0.39 is 0 Å². The first kappa shape index (κ1) is 20.7. The van der Waals surface area contributed by atoms with Crippen LogP contribution < -0.4 is 10.1 Å². The number of nitrogens with zero attached hydrogens (tertiary/aromatic N) is 3. The van der Waals surface area contributed by atoms with Gasteiger partial charge < -0.3 is 19.1 Å². The fraction of sp³-hybridized carbons (Fsp3) is 0.174. The number of hydrogen-bond acceptors (Lipinski definition) is 5. The maximum atomic E-state index is 12.6. The number of halogens is 1. The number of hydrogen-bond donors (Lipinski definition) is 1. The Morgan fingerprint density at radius 1 is 1.19 bits per heavy atom. The third-order valence-electron chi connectivity index (χ3n) is 4.86. The van der Waals surface area contributed by atoms with Gasteiger partial charge in [0, 0.05) is 16.8 Å². The molecule has 0 spiro atoms. The summed E-state index contributed by atoms with van der Waals surface area (Å²) in [7, 11) is 1.62. The van der Waals surface area contributed by atoms with E-state index in [1.165, 1.54) is 0 Å². The van der Waals surface area contributed by atoms with Gasteiger partial charge in [0.05, 0.1) is 13.2 Å². The highest BCUT2D eigenvalue weighted by atomic mass is 35.5. The van der Waals surface area contributed by atoms with Crippen LogP contribution in [0.1, 0.15) is 18.5 Å². The van der Waals surface area contributed by atoms with Crippen LogP contribution in [0.15, 0.2) is 71.4 Å². The van der Waals surface area contributed by atoms with Gasteiger partial charge in [-0.2, -0.15) is 4.98 Å². The Balaban J connectivity index is 1.45. The largest absolute Gasteiger partial charge is 0.497 e. The van der Waals surface area contributed by atoms with Crippen LogP contribution in [0.25, 0.3) is 23.0 Å². The molecular weight excluding hydrogens is 416 g/mol. The molecule has 0 unspecified atom stereocenters. The summed E-state index contributed by atoms with van der Waals surface area (Å²) in [6, 6.07) is 18.3. The first-order valence-electron chi connectivity index (χ1n) is 9.72. The van der Waals surface area contributed by atoms with E-state index in [9.17, 15) is 4.79 Å². The molecular formula is C23H21ClN4O3. The second-order valence-corrected chi connectivity index (χ2v) is 7.45. The number of aromatic nitrogens is 3. The van der Waals surface area contributed by atoms with Gasteiger partial charge in [0.15, 0.2) is 0 Å². The van der Waals surface area contributed by atoms with Crippen molar-refractivity contribution in [3.8, 4) is 28.7 Å². The third kappa shape index (κ3) is 4.78. The molecule has 2 aromatic heterocycles. The topological polar surface area (TPSA) is 82.2 Å². The van der Waals surface area contributed by atoms with E-state index in [1.807, 2.05) is 55.5 Å². The van der Waals surface area contributed by atoms with Gasteiger partial charge in [-0.25, -0.2) is 0 Å². The number of rotatable bonds is 7. The summed E-state index contributed by atoms with van der Waals surface area (Å²) in [5.74, 6) is 1.41. The lowest BCUT2D eigenvalue weighted by molar-refractivity contribution is -0.122. The van der Waals surface area contributed by atoms with Crippen LogP contribution in [0.2, 0.25) is 5.02 Å². The van der Waals surface area contributed by atoms with Crippen LogP contribution in [-0.2, 0) is 11.3 Å². The molecule has 4 aromatic rings. The lowest BCUT2D eigenvalue weighted by atomic mass is 10.1. The fourth-order valence-corrected chi connectivity index (χ4v) is 3.43. The zero-order valence-electron chi connectivity index (χ0n) is 17.1. The van der Waals surface area contributed by atoms with Crippen molar-refractivity contribution in [1.82, 2.24) is 20.0 Å². The van der Waals surface area contributed by atoms with Crippen molar-refractivity contribution in [1.29, 1.82) is 0 Å². The quantitative estimate of drug-likeness (QED) is 0.452. The minimum Gasteiger partial charge on any atom is -0.497 e. The molecule has 2 heterocycles. The second-order valence-electron chi connectivity index (χ2n) is 7.02. The van der Waals surface area contributed by atoms with Gasteiger partial charge in [0.1, 0.15) is 18.0 Å². The van der Waals surface area contributed by atoms with Crippen molar-refractivity contribution < 1.29 is 14.1 Å². The average Bonchev–Trinajstić information content (AvgIpc) is 3.43. The Morgan fingerprint density at radius 2 is 2.00 bits per heavy atom. The highest BCUT2D eigenvalue weighted by Gasteiger charge is 2.17. The molecule has 0 aliphatic heterocycles. The van der Waals surface area contributed by atoms with Gasteiger partial charge in [-0.05, 0) is 48.9 Å². The fourth-order valence-electron chi connectivity index (χ4n) is 3.24. The van der Waals surface area contributed by atoms with E-state index in [2.05, 4.69) is 15.5 Å². The van der Waals surface area contributed by atoms with Gasteiger partial charge in [0.25, 0.3) is 5.89 Å². The van der Waals surface area contributed by atoms with Crippen LogP contribution in [-0.4, -0.2) is 27.7 Å². The highest BCUT2D eigenvalue weighted by Crippen LogP contribution is 2.24. The summed E-state index contributed by atoms with van der Waals surface area (Å²) in [6.07, 6.45) is 1.80. The van der Waals surface area contributed by atoms with Gasteiger partial charge in [0.2, 0.25) is 11.7 Å². The molecule has 0 saturated carbocycles. The average molecular weight is 437 g/mol. The number of amides is 1. The molecule has 0 saturated heterocycles. The van der Waals surface area contributed by atoms with Crippen molar-refractivity contribution >= 4 is 17.5 Å². The summed E-state index contributed by atoms with van der Waals surface area (Å²) >= 11 is 6.04. The van der Waals surface area contributed by atoms with Crippen LogP contribution in [0.4, 0.5) is 0 Å². The Bertz CT molecular complexity index is 1180. The van der Waals surface area contributed by atoms with Crippen LogP contribution in [0.3, 0.4) is 0 Å². The summed E-state index contributed by atoms with van der Waals surface area (Å²) in [5.41, 5.74) is 2.41. The van der Waals surface area contributed by atoms with Crippen molar-refractivity contribution in [3.05, 3.63) is 77.4 Å². The standard InChI is InChI=1S/C23H21ClN4O3/c1-15(16-8-10-19(30-2)11-9-16)25-21(29)14-28-12-4-7-20(28)23-26-22(27-31-23)17-5-3-6-18(24)13-17/h3-13,15H,14H2,1-2H3,(H,25,29)/t15-/m1/s1. The summed E-state index contributed by atoms with van der Waals surface area (Å²) in [4.78, 5) is 17.1. The molecule has 7 nitrogen and oxygen atoms in total. The first-order valence-corrected chi connectivity index (χ1v) is 10.1. The third-order valence-corrected chi connectivity index (χ3v) is 5.10. The Morgan fingerprint density at radius 3 is 2.74 bits per heavy atom. The van der Waals surface area contributed by atoms with E-state index in [-0.39, 0.29) is 18.5 Å². The number of carbonyl (C=O) groups excluding carboxylic acids is 1. The molecule has 8 heteroatoms. The highest BCUT2D eigenvalue weighted by molar-refractivity contribution is 6.30. The minimum atomic E-state index is -0.143. The first-order chi connectivity index (χ1) is 15.0. The monoisotopic (exact) mass is 436 g/mol. The van der Waals surface area contributed by atoms with Crippen molar-refractivity contribution in [2.45, 2.75) is 19.5 Å². The number of methoxy groups -OCH3 is 1. The van der Waals surface area contributed by atoms with E-state index >= 15 is 0 Å². The molecule has 0 aliphatic rings. The molecule has 1 N–H and O–H groups in total. The van der Waals surface area contributed by atoms with Gasteiger partial charge in [-0.15, -0.1) is 0 Å². The summed E-state index contributed by atoms with van der Waals surface area (Å²) in [5, 5.41) is 7.64. The maximum absolute atomic E-state index is 12.6. The predicted octanol–water partition coefficient (Wildman–Crippen LogP) is 4.74. The number of nitrogens with one attached hydrogen (secondary N) is 1. The lowest BCUT2D eigenvalue weighted by Gasteiger charge is -2.15. The summed E-state index contributed by atoms with van der Waals surface area (Å²) < 4.78 is 12.4. The predicted molar refractivity (Wildman–Crippen MR) is 118 cm³/mol. The minimum absolute atomic E-state index is 0.123.